The largest absolute Gasteiger partial charge is 0.462 e. The van der Waals surface area contributed by atoms with Gasteiger partial charge in [0.1, 0.15) is 0 Å². The van der Waals surface area contributed by atoms with E-state index in [9.17, 15) is 23.1 Å². The molecule has 0 saturated heterocycles. The third kappa shape index (κ3) is 5.32. The van der Waals surface area contributed by atoms with Crippen LogP contribution in [0.2, 0.25) is 0 Å². The number of aromatic nitrogens is 1. The van der Waals surface area contributed by atoms with Crippen molar-refractivity contribution in [2.24, 2.45) is 0 Å². The number of hydrogen-bond acceptors (Lipinski definition) is 6. The number of nitrogens with one attached hydrogen (secondary N) is 1. The predicted molar refractivity (Wildman–Crippen MR) is 126 cm³/mol. The Bertz CT molecular complexity index is 1310. The Morgan fingerprint density at radius 3 is 2.39 bits per heavy atom. The van der Waals surface area contributed by atoms with E-state index in [0.29, 0.717) is 5.56 Å². The maximum atomic E-state index is 13.4. The first-order valence-corrected chi connectivity index (χ1v) is 12.1. The first kappa shape index (κ1) is 24.6. The highest BCUT2D eigenvalue weighted by atomic mass is 32.2. The van der Waals surface area contributed by atoms with E-state index in [0.717, 1.165) is 22.0 Å². The molecule has 176 valence electrons. The minimum atomic E-state index is -4.00. The fourth-order valence-electron chi connectivity index (χ4n) is 3.58. The minimum Gasteiger partial charge on any atom is -0.462 e. The van der Waals surface area contributed by atoms with Crippen LogP contribution in [-0.2, 0) is 21.3 Å². The fourth-order valence-corrected chi connectivity index (χ4v) is 5.04. The molecule has 1 aromatic heterocycles. The fraction of sp³-hybridized carbons (Fsp3) is 0.333. The van der Waals surface area contributed by atoms with Crippen molar-refractivity contribution in [2.45, 2.75) is 38.6 Å². The normalized spacial score (nSPS) is 11.8. The molecule has 2 aromatic carbocycles. The summed E-state index contributed by atoms with van der Waals surface area (Å²) in [6, 6.07) is 11.1. The molecule has 0 radical (unpaired) electrons. The van der Waals surface area contributed by atoms with Gasteiger partial charge in [0.05, 0.1) is 22.6 Å². The molecule has 0 amide bonds. The van der Waals surface area contributed by atoms with Gasteiger partial charge in [0.25, 0.3) is 5.56 Å². The van der Waals surface area contributed by atoms with Gasteiger partial charge in [0, 0.05) is 30.6 Å². The van der Waals surface area contributed by atoms with E-state index >= 15 is 0 Å². The lowest BCUT2D eigenvalue weighted by atomic mass is 10.0. The standard InChI is InChI=1S/C24H28N2O6S/c1-4-32-24(29)18-8-10-20(11-9-18)33(30,31)26(12-5-13-27)15-19-14-21-16(2)6-7-17(3)22(21)25-23(19)28/h6-11,14,27H,4-5,12-13,15H2,1-3H3,(H,25,28). The molecule has 0 aliphatic rings. The number of ether oxygens (including phenoxy) is 1. The zero-order chi connectivity index (χ0) is 24.2. The number of carbonyl (C=O) groups is 1. The summed E-state index contributed by atoms with van der Waals surface area (Å²) >= 11 is 0. The monoisotopic (exact) mass is 472 g/mol. The highest BCUT2D eigenvalue weighted by molar-refractivity contribution is 7.89. The molecule has 0 bridgehead atoms. The number of nitrogens with zero attached hydrogens (tertiary/aromatic N) is 1. The maximum absolute atomic E-state index is 13.4. The number of sulfonamides is 1. The number of esters is 1. The van der Waals surface area contributed by atoms with Crippen molar-refractivity contribution in [3.05, 3.63) is 75.1 Å². The molecule has 8 nitrogen and oxygen atoms in total. The molecule has 0 atom stereocenters. The van der Waals surface area contributed by atoms with Crippen molar-refractivity contribution >= 4 is 26.9 Å². The Kier molecular flexibility index (Phi) is 7.68. The average molecular weight is 473 g/mol. The van der Waals surface area contributed by atoms with E-state index in [1.54, 1.807) is 13.0 Å². The quantitative estimate of drug-likeness (QED) is 0.463. The molecule has 1 heterocycles. The Morgan fingerprint density at radius 2 is 1.76 bits per heavy atom. The van der Waals surface area contributed by atoms with Gasteiger partial charge in [0.15, 0.2) is 0 Å². The van der Waals surface area contributed by atoms with E-state index < -0.39 is 16.0 Å². The van der Waals surface area contributed by atoms with Crippen molar-refractivity contribution in [1.82, 2.24) is 9.29 Å². The predicted octanol–water partition coefficient (Wildman–Crippen LogP) is 2.89. The summed E-state index contributed by atoms with van der Waals surface area (Å²) in [5, 5.41) is 10.1. The molecule has 33 heavy (non-hydrogen) atoms. The molecule has 0 aliphatic heterocycles. The summed E-state index contributed by atoms with van der Waals surface area (Å²) in [5.74, 6) is -0.535. The number of carbonyl (C=O) groups excluding carboxylic acids is 1. The summed E-state index contributed by atoms with van der Waals surface area (Å²) in [7, 11) is -4.00. The smallest absolute Gasteiger partial charge is 0.338 e. The second-order valence-electron chi connectivity index (χ2n) is 7.77. The molecule has 0 fully saturated rings. The lowest BCUT2D eigenvalue weighted by Crippen LogP contribution is -2.34. The summed E-state index contributed by atoms with van der Waals surface area (Å²) in [6.07, 6.45) is 0.212. The molecule has 9 heteroatoms. The first-order valence-electron chi connectivity index (χ1n) is 10.7. The number of aromatic amines is 1. The van der Waals surface area contributed by atoms with Gasteiger partial charge in [-0.2, -0.15) is 4.31 Å². The highest BCUT2D eigenvalue weighted by Gasteiger charge is 2.26. The van der Waals surface area contributed by atoms with Crippen LogP contribution < -0.4 is 5.56 Å². The van der Waals surface area contributed by atoms with E-state index in [2.05, 4.69) is 4.98 Å². The Morgan fingerprint density at radius 1 is 1.09 bits per heavy atom. The van der Waals surface area contributed by atoms with Gasteiger partial charge in [0.2, 0.25) is 10.0 Å². The van der Waals surface area contributed by atoms with Crippen molar-refractivity contribution < 1.29 is 23.1 Å². The summed E-state index contributed by atoms with van der Waals surface area (Å²) in [6.45, 7) is 5.41. The van der Waals surface area contributed by atoms with Crippen LogP contribution in [0.5, 0.6) is 0 Å². The number of rotatable bonds is 9. The van der Waals surface area contributed by atoms with Crippen LogP contribution in [0.3, 0.4) is 0 Å². The first-order chi connectivity index (χ1) is 15.7. The van der Waals surface area contributed by atoms with Gasteiger partial charge < -0.3 is 14.8 Å². The number of aliphatic hydroxyl groups excluding tert-OH is 1. The topological polar surface area (TPSA) is 117 Å². The molecular weight excluding hydrogens is 444 g/mol. The van der Waals surface area contributed by atoms with Crippen LogP contribution in [0.25, 0.3) is 10.9 Å². The summed E-state index contributed by atoms with van der Waals surface area (Å²) in [5.41, 5.74) is 2.80. The number of H-pyrrole nitrogens is 1. The van der Waals surface area contributed by atoms with Crippen LogP contribution >= 0.6 is 0 Å². The van der Waals surface area contributed by atoms with E-state index in [1.165, 1.54) is 28.6 Å². The van der Waals surface area contributed by atoms with Gasteiger partial charge in [-0.15, -0.1) is 0 Å². The third-order valence-corrected chi connectivity index (χ3v) is 7.30. The lowest BCUT2D eigenvalue weighted by molar-refractivity contribution is 0.0526. The van der Waals surface area contributed by atoms with Gasteiger partial charge in [-0.3, -0.25) is 4.79 Å². The SMILES string of the molecule is CCOC(=O)c1ccc(S(=O)(=O)N(CCCO)Cc2cc3c(C)ccc(C)c3[nH]c2=O)cc1. The third-order valence-electron chi connectivity index (χ3n) is 5.44. The maximum Gasteiger partial charge on any atom is 0.338 e. The number of aryl methyl sites for hydroxylation is 2. The van der Waals surface area contributed by atoms with Crippen molar-refractivity contribution in [2.75, 3.05) is 19.8 Å². The highest BCUT2D eigenvalue weighted by Crippen LogP contribution is 2.23. The van der Waals surface area contributed by atoms with Crippen molar-refractivity contribution in [1.29, 1.82) is 0 Å². The molecule has 0 aliphatic carbocycles. The van der Waals surface area contributed by atoms with Crippen LogP contribution in [0, 0.1) is 13.8 Å². The van der Waals surface area contributed by atoms with Crippen LogP contribution in [0.15, 0.2) is 52.2 Å². The Balaban J connectivity index is 1.99. The Labute approximate surface area is 192 Å². The molecule has 0 spiro atoms. The molecule has 2 N–H and O–H groups in total. The van der Waals surface area contributed by atoms with Gasteiger partial charge in [-0.25, -0.2) is 13.2 Å². The van der Waals surface area contributed by atoms with E-state index in [1.807, 2.05) is 26.0 Å². The molecule has 3 aromatic rings. The second kappa shape index (κ2) is 10.3. The van der Waals surface area contributed by atoms with Crippen LogP contribution in [0.1, 0.15) is 40.4 Å². The van der Waals surface area contributed by atoms with Crippen LogP contribution in [0.4, 0.5) is 0 Å². The molecule has 0 saturated carbocycles. The van der Waals surface area contributed by atoms with Crippen LogP contribution in [-0.4, -0.2) is 48.5 Å². The zero-order valence-electron chi connectivity index (χ0n) is 18.9. The van der Waals surface area contributed by atoms with E-state index in [-0.39, 0.29) is 48.7 Å². The summed E-state index contributed by atoms with van der Waals surface area (Å²) < 4.78 is 32.8. The van der Waals surface area contributed by atoms with Crippen molar-refractivity contribution in [3.8, 4) is 0 Å². The number of fused-ring (bicyclic) bond motifs is 1. The number of benzene rings is 2. The van der Waals surface area contributed by atoms with Gasteiger partial charge in [-0.1, -0.05) is 12.1 Å². The zero-order valence-corrected chi connectivity index (χ0v) is 19.7. The lowest BCUT2D eigenvalue weighted by Gasteiger charge is -2.22. The number of hydrogen-bond donors (Lipinski definition) is 2. The van der Waals surface area contributed by atoms with Gasteiger partial charge >= 0.3 is 5.97 Å². The number of pyridine rings is 1. The molecule has 0 unspecified atom stereocenters. The Hall–Kier alpha value is -3.01. The second-order valence-corrected chi connectivity index (χ2v) is 9.71. The average Bonchev–Trinajstić information content (AvgIpc) is 2.80. The van der Waals surface area contributed by atoms with Gasteiger partial charge in [-0.05, 0) is 68.7 Å². The molecule has 3 rings (SSSR count). The number of aliphatic hydroxyl groups is 1. The summed E-state index contributed by atoms with van der Waals surface area (Å²) in [4.78, 5) is 27.5. The van der Waals surface area contributed by atoms with E-state index in [4.69, 9.17) is 4.74 Å². The minimum absolute atomic E-state index is 0.0160. The molecular formula is C24H28N2O6S. The van der Waals surface area contributed by atoms with Crippen molar-refractivity contribution in [3.63, 3.8) is 0 Å².